The first-order valence-corrected chi connectivity index (χ1v) is 8.29. The van der Waals surface area contributed by atoms with Crippen molar-refractivity contribution >= 4 is 29.9 Å². The number of halogens is 2. The maximum absolute atomic E-state index is 12.8. The molecule has 24 heavy (non-hydrogen) atoms. The minimum atomic E-state index is -0.0387. The highest BCUT2D eigenvalue weighted by Crippen LogP contribution is 2.19. The average Bonchev–Trinajstić information content (AvgIpc) is 2.99. The fourth-order valence-electron chi connectivity index (χ4n) is 2.76. The first-order chi connectivity index (χ1) is 11.2. The van der Waals surface area contributed by atoms with Crippen molar-refractivity contribution in [1.29, 1.82) is 0 Å². The number of benzene rings is 1. The second-order valence-corrected chi connectivity index (χ2v) is 6.01. The van der Waals surface area contributed by atoms with Crippen molar-refractivity contribution in [1.82, 2.24) is 25.2 Å². The predicted octanol–water partition coefficient (Wildman–Crippen LogP) is 2.34. The fourth-order valence-corrected chi connectivity index (χ4v) is 2.95. The summed E-state index contributed by atoms with van der Waals surface area (Å²) in [5, 5.41) is 12.3. The minimum Gasteiger partial charge on any atom is -0.335 e. The summed E-state index contributed by atoms with van der Waals surface area (Å²) in [5.41, 5.74) is 2.12. The Morgan fingerprint density at radius 3 is 2.75 bits per heavy atom. The van der Waals surface area contributed by atoms with Crippen molar-refractivity contribution in [3.8, 4) is 5.69 Å². The lowest BCUT2D eigenvalue weighted by Gasteiger charge is -2.26. The second-order valence-electron chi connectivity index (χ2n) is 5.57. The molecular weight excluding hydrogens is 349 g/mol. The van der Waals surface area contributed by atoms with Crippen molar-refractivity contribution in [3.05, 3.63) is 40.7 Å². The molecule has 1 amide bonds. The van der Waals surface area contributed by atoms with Gasteiger partial charge in [0.15, 0.2) is 5.69 Å². The molecule has 0 radical (unpaired) electrons. The van der Waals surface area contributed by atoms with Crippen LogP contribution in [-0.2, 0) is 6.42 Å². The van der Waals surface area contributed by atoms with Crippen molar-refractivity contribution in [2.24, 2.45) is 0 Å². The molecule has 0 bridgehead atoms. The van der Waals surface area contributed by atoms with Crippen molar-refractivity contribution in [3.63, 3.8) is 0 Å². The molecule has 0 spiro atoms. The fraction of sp³-hybridized carbons (Fsp3) is 0.438. The van der Waals surface area contributed by atoms with Gasteiger partial charge in [-0.3, -0.25) is 4.79 Å². The number of piperazine rings is 1. The number of amides is 1. The maximum atomic E-state index is 12.8. The third kappa shape index (κ3) is 3.88. The van der Waals surface area contributed by atoms with Gasteiger partial charge in [0.05, 0.1) is 11.4 Å². The molecule has 0 unspecified atom stereocenters. The molecule has 2 heterocycles. The van der Waals surface area contributed by atoms with Gasteiger partial charge in [0.2, 0.25) is 0 Å². The van der Waals surface area contributed by atoms with E-state index in [0.717, 1.165) is 37.3 Å². The van der Waals surface area contributed by atoms with Crippen molar-refractivity contribution in [2.75, 3.05) is 26.2 Å². The number of hydrogen-bond acceptors (Lipinski definition) is 4. The molecule has 1 aliphatic rings. The Labute approximate surface area is 152 Å². The van der Waals surface area contributed by atoms with Crippen LogP contribution in [0, 0.1) is 0 Å². The molecule has 1 N–H and O–H groups in total. The largest absolute Gasteiger partial charge is 0.335 e. The van der Waals surface area contributed by atoms with Crippen molar-refractivity contribution < 1.29 is 4.79 Å². The van der Waals surface area contributed by atoms with E-state index in [9.17, 15) is 4.79 Å². The summed E-state index contributed by atoms with van der Waals surface area (Å²) in [7, 11) is 0. The van der Waals surface area contributed by atoms with Gasteiger partial charge in [-0.25, -0.2) is 4.68 Å². The number of rotatable bonds is 4. The first-order valence-electron chi connectivity index (χ1n) is 7.91. The third-order valence-corrected chi connectivity index (χ3v) is 4.14. The zero-order valence-corrected chi connectivity index (χ0v) is 15.1. The van der Waals surface area contributed by atoms with Gasteiger partial charge in [0, 0.05) is 31.2 Å². The Kier molecular flexibility index (Phi) is 6.60. The Bertz CT molecular complexity index is 698. The average molecular weight is 370 g/mol. The highest BCUT2D eigenvalue weighted by atomic mass is 35.5. The number of nitrogens with zero attached hydrogens (tertiary/aromatic N) is 4. The smallest absolute Gasteiger partial charge is 0.276 e. The monoisotopic (exact) mass is 369 g/mol. The molecule has 1 saturated heterocycles. The van der Waals surface area contributed by atoms with E-state index in [1.165, 1.54) is 0 Å². The van der Waals surface area contributed by atoms with Crippen LogP contribution < -0.4 is 5.32 Å². The van der Waals surface area contributed by atoms with Gasteiger partial charge in [-0.1, -0.05) is 36.2 Å². The van der Waals surface area contributed by atoms with Crippen LogP contribution in [0.5, 0.6) is 0 Å². The molecule has 1 aromatic carbocycles. The van der Waals surface area contributed by atoms with Gasteiger partial charge in [-0.2, -0.15) is 0 Å². The molecule has 0 atom stereocenters. The molecule has 1 aliphatic heterocycles. The van der Waals surface area contributed by atoms with Gasteiger partial charge in [-0.15, -0.1) is 17.5 Å². The van der Waals surface area contributed by atoms with E-state index in [1.807, 2.05) is 29.2 Å². The topological polar surface area (TPSA) is 63.1 Å². The quantitative estimate of drug-likeness (QED) is 0.898. The zero-order chi connectivity index (χ0) is 16.2. The third-order valence-electron chi connectivity index (χ3n) is 3.91. The summed E-state index contributed by atoms with van der Waals surface area (Å²) in [6.45, 7) is 5.12. The standard InChI is InChI=1S/C16H20ClN5O.ClH/c1-2-4-14-15(16(23)21-9-7-18-8-10-21)19-20-22(14)13-6-3-5-12(17)11-13;/h3,5-6,11,18H,2,4,7-10H2,1H3;1H. The molecule has 6 nitrogen and oxygen atoms in total. The van der Waals surface area contributed by atoms with Crippen LogP contribution in [0.1, 0.15) is 29.5 Å². The van der Waals surface area contributed by atoms with E-state index in [0.29, 0.717) is 23.8 Å². The van der Waals surface area contributed by atoms with Crippen LogP contribution >= 0.6 is 24.0 Å². The summed E-state index contributed by atoms with van der Waals surface area (Å²) >= 11 is 6.07. The van der Waals surface area contributed by atoms with Crippen LogP contribution in [0.3, 0.4) is 0 Å². The lowest BCUT2D eigenvalue weighted by molar-refractivity contribution is 0.0728. The van der Waals surface area contributed by atoms with Gasteiger partial charge in [0.25, 0.3) is 5.91 Å². The van der Waals surface area contributed by atoms with E-state index < -0.39 is 0 Å². The SMILES string of the molecule is CCCc1c(C(=O)N2CCNCC2)nnn1-c1cccc(Cl)c1.Cl. The van der Waals surface area contributed by atoms with E-state index in [2.05, 4.69) is 22.6 Å². The van der Waals surface area contributed by atoms with E-state index >= 15 is 0 Å². The lowest BCUT2D eigenvalue weighted by Crippen LogP contribution is -2.46. The minimum absolute atomic E-state index is 0. The normalized spacial score (nSPS) is 14.3. The molecule has 1 aromatic heterocycles. The highest BCUT2D eigenvalue weighted by Gasteiger charge is 2.25. The zero-order valence-electron chi connectivity index (χ0n) is 13.5. The summed E-state index contributed by atoms with van der Waals surface area (Å²) in [5.74, 6) is -0.0387. The number of carbonyl (C=O) groups is 1. The number of nitrogens with one attached hydrogen (secondary N) is 1. The second kappa shape index (κ2) is 8.46. The molecule has 0 aliphatic carbocycles. The summed E-state index contributed by atoms with van der Waals surface area (Å²) < 4.78 is 1.73. The molecular formula is C16H21Cl2N5O. The van der Waals surface area contributed by atoms with Crippen LogP contribution in [0.15, 0.2) is 24.3 Å². The molecule has 1 fully saturated rings. The van der Waals surface area contributed by atoms with Crippen molar-refractivity contribution in [2.45, 2.75) is 19.8 Å². The van der Waals surface area contributed by atoms with Gasteiger partial charge < -0.3 is 10.2 Å². The number of aromatic nitrogens is 3. The van der Waals surface area contributed by atoms with Gasteiger partial charge >= 0.3 is 0 Å². The maximum Gasteiger partial charge on any atom is 0.276 e. The van der Waals surface area contributed by atoms with Gasteiger partial charge in [0.1, 0.15) is 0 Å². The van der Waals surface area contributed by atoms with Gasteiger partial charge in [-0.05, 0) is 24.6 Å². The number of carbonyl (C=O) groups excluding carboxylic acids is 1. The molecule has 2 aromatic rings. The summed E-state index contributed by atoms with van der Waals surface area (Å²) in [6, 6.07) is 7.43. The molecule has 130 valence electrons. The van der Waals surface area contributed by atoms with Crippen LogP contribution in [0.4, 0.5) is 0 Å². The van der Waals surface area contributed by atoms with Crippen LogP contribution in [0.2, 0.25) is 5.02 Å². The highest BCUT2D eigenvalue weighted by molar-refractivity contribution is 6.30. The number of hydrogen-bond donors (Lipinski definition) is 1. The summed E-state index contributed by atoms with van der Waals surface area (Å²) in [4.78, 5) is 14.6. The van der Waals surface area contributed by atoms with E-state index in [-0.39, 0.29) is 18.3 Å². The first kappa shape index (κ1) is 18.7. The molecule has 8 heteroatoms. The van der Waals surface area contributed by atoms with Crippen LogP contribution in [0.25, 0.3) is 5.69 Å². The molecule has 3 rings (SSSR count). The Morgan fingerprint density at radius 1 is 1.33 bits per heavy atom. The lowest BCUT2D eigenvalue weighted by atomic mass is 10.1. The molecule has 0 saturated carbocycles. The Morgan fingerprint density at radius 2 is 2.08 bits per heavy atom. The predicted molar refractivity (Wildman–Crippen MR) is 96.4 cm³/mol. The Hall–Kier alpha value is -1.63. The van der Waals surface area contributed by atoms with E-state index in [4.69, 9.17) is 11.6 Å². The summed E-state index contributed by atoms with van der Waals surface area (Å²) in [6.07, 6.45) is 1.66. The Balaban J connectivity index is 0.00000208. The van der Waals surface area contributed by atoms with Crippen LogP contribution in [-0.4, -0.2) is 52.0 Å². The van der Waals surface area contributed by atoms with E-state index in [1.54, 1.807) is 4.68 Å².